The fourth-order valence-corrected chi connectivity index (χ4v) is 3.54. The van der Waals surface area contributed by atoms with Crippen molar-refractivity contribution in [2.45, 2.75) is 32.0 Å². The van der Waals surface area contributed by atoms with Crippen LogP contribution in [0.4, 0.5) is 6.01 Å². The average Bonchev–Trinajstić information content (AvgIpc) is 3.27. The number of hydrogen-bond donors (Lipinski definition) is 1. The minimum atomic E-state index is -0.326. The second-order valence-corrected chi connectivity index (χ2v) is 6.84. The van der Waals surface area contributed by atoms with Gasteiger partial charge in [0.1, 0.15) is 11.6 Å². The molecule has 2 atom stereocenters. The fraction of sp³-hybridized carbons (Fsp3) is 0.556. The van der Waals surface area contributed by atoms with E-state index in [1.807, 2.05) is 30.0 Å². The molecule has 0 aliphatic carbocycles. The Kier molecular flexibility index (Phi) is 4.35. The fourth-order valence-electron chi connectivity index (χ4n) is 3.54. The number of hydrogen-bond acceptors (Lipinski definition) is 6. The van der Waals surface area contributed by atoms with Gasteiger partial charge < -0.3 is 24.7 Å². The molecule has 2 aliphatic rings. The molecule has 0 saturated carbocycles. The quantitative estimate of drug-likeness (QED) is 0.903. The van der Waals surface area contributed by atoms with Crippen LogP contribution in [-0.2, 0) is 9.53 Å². The van der Waals surface area contributed by atoms with Gasteiger partial charge in [-0.2, -0.15) is 4.98 Å². The molecule has 2 N–H and O–H groups in total. The van der Waals surface area contributed by atoms with E-state index in [1.54, 1.807) is 0 Å². The normalized spacial score (nSPS) is 24.2. The van der Waals surface area contributed by atoms with Gasteiger partial charge >= 0.3 is 0 Å². The molecule has 2 saturated heterocycles. The molecule has 2 fully saturated rings. The topological polar surface area (TPSA) is 84.8 Å². The number of anilines is 1. The lowest BCUT2D eigenvalue weighted by Gasteiger charge is -2.35. The van der Waals surface area contributed by atoms with E-state index in [-0.39, 0.29) is 18.1 Å². The van der Waals surface area contributed by atoms with E-state index >= 15 is 0 Å². The number of aromatic nitrogens is 1. The van der Waals surface area contributed by atoms with E-state index in [1.165, 1.54) is 0 Å². The molecule has 7 nitrogen and oxygen atoms in total. The number of nitrogens with zero attached hydrogens (tertiary/aromatic N) is 3. The summed E-state index contributed by atoms with van der Waals surface area (Å²) >= 11 is 0. The molecule has 2 aliphatic heterocycles. The van der Waals surface area contributed by atoms with Crippen LogP contribution in [0, 0.1) is 6.92 Å². The van der Waals surface area contributed by atoms with Crippen molar-refractivity contribution >= 4 is 23.0 Å². The Morgan fingerprint density at radius 2 is 2.08 bits per heavy atom. The van der Waals surface area contributed by atoms with Crippen molar-refractivity contribution < 1.29 is 13.9 Å². The lowest BCUT2D eigenvalue weighted by molar-refractivity contribution is -0.143. The maximum atomic E-state index is 12.6. The number of nitrogens with two attached hydrogens (primary N) is 1. The van der Waals surface area contributed by atoms with Crippen molar-refractivity contribution in [2.24, 2.45) is 5.73 Å². The predicted molar refractivity (Wildman–Crippen MR) is 94.5 cm³/mol. The van der Waals surface area contributed by atoms with E-state index in [0.717, 1.165) is 29.5 Å². The molecule has 7 heteroatoms. The van der Waals surface area contributed by atoms with Crippen LogP contribution in [-0.4, -0.2) is 60.7 Å². The lowest BCUT2D eigenvalue weighted by Crippen LogP contribution is -2.51. The first kappa shape index (κ1) is 16.4. The van der Waals surface area contributed by atoms with Crippen molar-refractivity contribution in [3.05, 3.63) is 23.8 Å². The number of carbonyl (C=O) groups excluding carboxylic acids is 1. The smallest absolute Gasteiger partial charge is 0.298 e. The van der Waals surface area contributed by atoms with Crippen LogP contribution in [0.15, 0.2) is 22.6 Å². The number of rotatable bonds is 3. The van der Waals surface area contributed by atoms with Crippen LogP contribution in [0.5, 0.6) is 0 Å². The second kappa shape index (κ2) is 6.65. The van der Waals surface area contributed by atoms with Crippen molar-refractivity contribution in [1.82, 2.24) is 9.88 Å². The summed E-state index contributed by atoms with van der Waals surface area (Å²) in [5.74, 6) is 0.0868. The first-order valence-corrected chi connectivity index (χ1v) is 8.90. The highest BCUT2D eigenvalue weighted by atomic mass is 16.5. The number of benzene rings is 1. The summed E-state index contributed by atoms with van der Waals surface area (Å²) in [5, 5.41) is 0. The zero-order valence-corrected chi connectivity index (χ0v) is 14.5. The summed E-state index contributed by atoms with van der Waals surface area (Å²) in [5.41, 5.74) is 8.46. The molecule has 4 rings (SSSR count). The highest BCUT2D eigenvalue weighted by Gasteiger charge is 2.34. The Labute approximate surface area is 146 Å². The van der Waals surface area contributed by atoms with Crippen molar-refractivity contribution in [3.63, 3.8) is 0 Å². The van der Waals surface area contributed by atoms with E-state index in [4.69, 9.17) is 14.9 Å². The minimum Gasteiger partial charge on any atom is -0.423 e. The van der Waals surface area contributed by atoms with Crippen molar-refractivity contribution in [2.75, 3.05) is 37.6 Å². The third-order valence-corrected chi connectivity index (χ3v) is 5.04. The molecule has 3 heterocycles. The monoisotopic (exact) mass is 344 g/mol. The van der Waals surface area contributed by atoms with Gasteiger partial charge in [0.2, 0.25) is 0 Å². The van der Waals surface area contributed by atoms with Gasteiger partial charge in [0.25, 0.3) is 11.9 Å². The third-order valence-electron chi connectivity index (χ3n) is 5.04. The van der Waals surface area contributed by atoms with Gasteiger partial charge in [0.15, 0.2) is 5.58 Å². The molecule has 1 amide bonds. The Balaban J connectivity index is 1.38. The first-order chi connectivity index (χ1) is 12.1. The van der Waals surface area contributed by atoms with E-state index in [9.17, 15) is 4.79 Å². The van der Waals surface area contributed by atoms with Crippen molar-refractivity contribution in [3.8, 4) is 0 Å². The zero-order valence-electron chi connectivity index (χ0n) is 14.5. The number of oxazole rings is 1. The molecule has 134 valence electrons. The number of carbonyl (C=O) groups is 1. The molecular formula is C18H24N4O3. The van der Waals surface area contributed by atoms with Gasteiger partial charge in [-0.3, -0.25) is 4.79 Å². The molecule has 25 heavy (non-hydrogen) atoms. The van der Waals surface area contributed by atoms with E-state index < -0.39 is 0 Å². The molecule has 1 aromatic heterocycles. The Bertz CT molecular complexity index is 767. The van der Waals surface area contributed by atoms with Crippen LogP contribution in [0.1, 0.15) is 18.4 Å². The van der Waals surface area contributed by atoms with Crippen LogP contribution in [0.25, 0.3) is 11.1 Å². The summed E-state index contributed by atoms with van der Waals surface area (Å²) in [7, 11) is 0. The molecule has 0 unspecified atom stereocenters. The Morgan fingerprint density at radius 1 is 1.28 bits per heavy atom. The molecule has 0 spiro atoms. The number of piperazine rings is 1. The summed E-state index contributed by atoms with van der Waals surface area (Å²) in [4.78, 5) is 21.1. The summed E-state index contributed by atoms with van der Waals surface area (Å²) in [6.07, 6.45) is 1.34. The number of aryl methyl sites for hydroxylation is 1. The highest BCUT2D eigenvalue weighted by Crippen LogP contribution is 2.25. The van der Waals surface area contributed by atoms with E-state index in [2.05, 4.69) is 9.88 Å². The van der Waals surface area contributed by atoms with E-state index in [0.29, 0.717) is 38.7 Å². The first-order valence-electron chi connectivity index (χ1n) is 8.90. The summed E-state index contributed by atoms with van der Waals surface area (Å²) in [6.45, 7) is 5.26. The van der Waals surface area contributed by atoms with Gasteiger partial charge in [-0.15, -0.1) is 0 Å². The number of ether oxygens (including phenoxy) is 1. The van der Waals surface area contributed by atoms with Crippen LogP contribution >= 0.6 is 0 Å². The number of amides is 1. The molecule has 0 bridgehead atoms. The summed E-state index contributed by atoms with van der Waals surface area (Å²) in [6, 6.07) is 6.62. The summed E-state index contributed by atoms with van der Waals surface area (Å²) < 4.78 is 11.6. The van der Waals surface area contributed by atoms with Crippen LogP contribution < -0.4 is 10.6 Å². The molecule has 2 aromatic rings. The van der Waals surface area contributed by atoms with Crippen molar-refractivity contribution in [1.29, 1.82) is 0 Å². The second-order valence-electron chi connectivity index (χ2n) is 6.84. The average molecular weight is 344 g/mol. The maximum Gasteiger partial charge on any atom is 0.298 e. The van der Waals surface area contributed by atoms with Gasteiger partial charge in [0, 0.05) is 32.7 Å². The maximum absolute atomic E-state index is 12.6. The predicted octanol–water partition coefficient (Wildman–Crippen LogP) is 1.29. The third kappa shape index (κ3) is 3.21. The van der Waals surface area contributed by atoms with Crippen LogP contribution in [0.3, 0.4) is 0 Å². The lowest BCUT2D eigenvalue weighted by atomic mass is 10.1. The van der Waals surface area contributed by atoms with Crippen LogP contribution in [0.2, 0.25) is 0 Å². The zero-order chi connectivity index (χ0) is 17.4. The minimum absolute atomic E-state index is 0.0263. The van der Waals surface area contributed by atoms with Gasteiger partial charge in [-0.1, -0.05) is 6.07 Å². The molecule has 1 aromatic carbocycles. The highest BCUT2D eigenvalue weighted by molar-refractivity contribution is 5.81. The van der Waals surface area contributed by atoms with Gasteiger partial charge in [-0.05, 0) is 37.5 Å². The Hall–Kier alpha value is -2.12. The molecular weight excluding hydrogens is 320 g/mol. The standard InChI is InChI=1S/C18H24N4O3/c1-12-2-4-15-14(10-12)20-18(25-15)22-8-6-21(7-9-22)17(23)16-5-3-13(11-19)24-16/h2,4,10,13,16H,3,5-9,11,19H2,1H3/t13-,16+/m1/s1. The molecule has 0 radical (unpaired) electrons. The number of fused-ring (bicyclic) bond motifs is 1. The SMILES string of the molecule is Cc1ccc2oc(N3CCN(C(=O)[C@@H]4CC[C@H](CN)O4)CC3)nc2c1. The van der Waals surface area contributed by atoms with Gasteiger partial charge in [-0.25, -0.2) is 0 Å². The largest absolute Gasteiger partial charge is 0.423 e. The Morgan fingerprint density at radius 3 is 2.80 bits per heavy atom. The van der Waals surface area contributed by atoms with Gasteiger partial charge in [0.05, 0.1) is 6.10 Å².